The van der Waals surface area contributed by atoms with Crippen molar-refractivity contribution in [2.24, 2.45) is 0 Å². The SMILES string of the molecule is N#Cc1ccc2c3ccc(C#N)cc3n(-c3ccc(-c4ccncc4)c(-c4nc(-c5ccccc5)nc(-c5ccccc5)n4)c3)c2c1. The highest BCUT2D eigenvalue weighted by atomic mass is 15.0. The minimum absolute atomic E-state index is 0.516. The number of pyridine rings is 1. The fourth-order valence-electron chi connectivity index (χ4n) is 6.00. The maximum Gasteiger partial charge on any atom is 0.164 e. The Balaban J connectivity index is 1.44. The fourth-order valence-corrected chi connectivity index (χ4v) is 6.00. The molecule has 0 fully saturated rings. The van der Waals surface area contributed by atoms with Gasteiger partial charge in [0, 0.05) is 45.5 Å². The molecule has 8 aromatic rings. The zero-order valence-corrected chi connectivity index (χ0v) is 24.9. The van der Waals surface area contributed by atoms with Gasteiger partial charge < -0.3 is 4.57 Å². The van der Waals surface area contributed by atoms with Crippen LogP contribution in [0.3, 0.4) is 0 Å². The highest BCUT2D eigenvalue weighted by molar-refractivity contribution is 6.10. The fraction of sp³-hybridized carbons (Fsp3) is 0. The summed E-state index contributed by atoms with van der Waals surface area (Å²) in [6.07, 6.45) is 3.54. The summed E-state index contributed by atoms with van der Waals surface area (Å²) < 4.78 is 2.10. The van der Waals surface area contributed by atoms with E-state index in [1.54, 1.807) is 12.4 Å². The van der Waals surface area contributed by atoms with Crippen LogP contribution in [-0.2, 0) is 0 Å². The molecule has 5 aromatic carbocycles. The Morgan fingerprint density at radius 1 is 0.468 bits per heavy atom. The van der Waals surface area contributed by atoms with Gasteiger partial charge in [-0.2, -0.15) is 10.5 Å². The van der Waals surface area contributed by atoms with Crippen molar-refractivity contribution in [3.8, 4) is 63.1 Å². The van der Waals surface area contributed by atoms with Crippen molar-refractivity contribution in [2.45, 2.75) is 0 Å². The van der Waals surface area contributed by atoms with Crippen LogP contribution >= 0.6 is 0 Å². The summed E-state index contributed by atoms with van der Waals surface area (Å²) in [6, 6.07) is 45.8. The Morgan fingerprint density at radius 2 is 1.00 bits per heavy atom. The van der Waals surface area contributed by atoms with Crippen molar-refractivity contribution in [1.82, 2.24) is 24.5 Å². The molecule has 0 unspecified atom stereocenters. The first-order valence-electron chi connectivity index (χ1n) is 15.0. The van der Waals surface area contributed by atoms with Crippen LogP contribution in [-0.4, -0.2) is 24.5 Å². The molecular formula is C40H23N7. The number of hydrogen-bond donors (Lipinski definition) is 0. The molecule has 0 saturated carbocycles. The van der Waals surface area contributed by atoms with Gasteiger partial charge in [-0.25, -0.2) is 15.0 Å². The average Bonchev–Trinajstić information content (AvgIpc) is 3.48. The van der Waals surface area contributed by atoms with Crippen molar-refractivity contribution in [1.29, 1.82) is 10.5 Å². The second-order valence-corrected chi connectivity index (χ2v) is 11.0. The number of rotatable bonds is 5. The van der Waals surface area contributed by atoms with Crippen molar-refractivity contribution < 1.29 is 0 Å². The van der Waals surface area contributed by atoms with Gasteiger partial charge in [0.25, 0.3) is 0 Å². The third-order valence-corrected chi connectivity index (χ3v) is 8.22. The van der Waals surface area contributed by atoms with Crippen LogP contribution < -0.4 is 0 Å². The summed E-state index contributed by atoms with van der Waals surface area (Å²) in [6.45, 7) is 0. The predicted molar refractivity (Wildman–Crippen MR) is 183 cm³/mol. The van der Waals surface area contributed by atoms with E-state index in [1.165, 1.54) is 0 Å². The Kier molecular flexibility index (Phi) is 6.76. The van der Waals surface area contributed by atoms with E-state index >= 15 is 0 Å². The van der Waals surface area contributed by atoms with Crippen LogP contribution in [0, 0.1) is 22.7 Å². The summed E-state index contributed by atoms with van der Waals surface area (Å²) in [5.41, 5.74) is 8.11. The zero-order valence-electron chi connectivity index (χ0n) is 24.9. The standard InChI is InChI=1S/C40H23N7/c41-24-26-11-14-33-34-15-12-27(25-42)22-37(34)47(36(33)21-26)31-13-16-32(28-17-19-43-20-18-28)35(23-31)40-45-38(29-7-3-1-4-8-29)44-39(46-40)30-9-5-2-6-10-30/h1-23H. The molecule has 0 atom stereocenters. The number of nitrogens with zero attached hydrogens (tertiary/aromatic N) is 7. The first-order valence-corrected chi connectivity index (χ1v) is 15.0. The molecule has 3 heterocycles. The first-order chi connectivity index (χ1) is 23.2. The van der Waals surface area contributed by atoms with Crippen LogP contribution in [0.4, 0.5) is 0 Å². The third kappa shape index (κ3) is 4.95. The molecule has 8 rings (SSSR count). The van der Waals surface area contributed by atoms with Crippen LogP contribution in [0.2, 0.25) is 0 Å². The van der Waals surface area contributed by atoms with Gasteiger partial charge >= 0.3 is 0 Å². The molecule has 0 saturated heterocycles. The summed E-state index contributed by atoms with van der Waals surface area (Å²) in [5.74, 6) is 1.65. The largest absolute Gasteiger partial charge is 0.309 e. The highest BCUT2D eigenvalue weighted by Gasteiger charge is 2.19. The second-order valence-electron chi connectivity index (χ2n) is 11.0. The second kappa shape index (κ2) is 11.5. The Hall–Kier alpha value is -6.96. The molecule has 3 aromatic heterocycles. The van der Waals surface area contributed by atoms with Gasteiger partial charge in [-0.3, -0.25) is 4.98 Å². The van der Waals surface area contributed by atoms with Gasteiger partial charge in [-0.15, -0.1) is 0 Å². The summed E-state index contributed by atoms with van der Waals surface area (Å²) in [5, 5.41) is 21.5. The lowest BCUT2D eigenvalue weighted by molar-refractivity contribution is 1.07. The maximum absolute atomic E-state index is 9.78. The topological polar surface area (TPSA) is 104 Å². The van der Waals surface area contributed by atoms with Crippen molar-refractivity contribution >= 4 is 21.8 Å². The smallest absolute Gasteiger partial charge is 0.164 e. The molecule has 7 nitrogen and oxygen atoms in total. The van der Waals surface area contributed by atoms with Crippen molar-refractivity contribution in [3.05, 3.63) is 151 Å². The van der Waals surface area contributed by atoms with E-state index in [4.69, 9.17) is 15.0 Å². The monoisotopic (exact) mass is 601 g/mol. The van der Waals surface area contributed by atoms with Crippen molar-refractivity contribution in [3.63, 3.8) is 0 Å². The Bertz CT molecular complexity index is 2400. The normalized spacial score (nSPS) is 10.9. The van der Waals surface area contributed by atoms with Gasteiger partial charge in [0.1, 0.15) is 0 Å². The quantitative estimate of drug-likeness (QED) is 0.195. The average molecular weight is 602 g/mol. The molecule has 0 aliphatic rings. The number of aromatic nitrogens is 5. The van der Waals surface area contributed by atoms with E-state index in [9.17, 15) is 10.5 Å². The summed E-state index contributed by atoms with van der Waals surface area (Å²) >= 11 is 0. The molecule has 0 N–H and O–H groups in total. The van der Waals surface area contributed by atoms with Gasteiger partial charge in [0.2, 0.25) is 0 Å². The first kappa shape index (κ1) is 27.6. The maximum atomic E-state index is 9.78. The Labute approximate surface area is 270 Å². The molecule has 0 aliphatic heterocycles. The van der Waals surface area contributed by atoms with E-state index in [0.717, 1.165) is 55.3 Å². The highest BCUT2D eigenvalue weighted by Crippen LogP contribution is 2.38. The molecule has 7 heteroatoms. The minimum Gasteiger partial charge on any atom is -0.309 e. The number of fused-ring (bicyclic) bond motifs is 3. The number of hydrogen-bond acceptors (Lipinski definition) is 6. The minimum atomic E-state index is 0.516. The van der Waals surface area contributed by atoms with E-state index in [-0.39, 0.29) is 0 Å². The third-order valence-electron chi connectivity index (χ3n) is 8.22. The predicted octanol–water partition coefficient (Wildman–Crippen LogP) is 8.78. The molecule has 47 heavy (non-hydrogen) atoms. The van der Waals surface area contributed by atoms with E-state index < -0.39 is 0 Å². The van der Waals surface area contributed by atoms with Crippen LogP contribution in [0.15, 0.2) is 140 Å². The molecule has 0 bridgehead atoms. The van der Waals surface area contributed by atoms with Crippen molar-refractivity contribution in [2.75, 3.05) is 0 Å². The molecule has 0 aliphatic carbocycles. The molecule has 218 valence electrons. The molecule has 0 spiro atoms. The van der Waals surface area contributed by atoms with Crippen LogP contribution in [0.1, 0.15) is 11.1 Å². The summed E-state index contributed by atoms with van der Waals surface area (Å²) in [7, 11) is 0. The van der Waals surface area contributed by atoms with E-state index in [1.807, 2.05) is 115 Å². The van der Waals surface area contributed by atoms with Gasteiger partial charge in [-0.1, -0.05) is 78.9 Å². The zero-order chi connectivity index (χ0) is 31.7. The number of benzene rings is 5. The summed E-state index contributed by atoms with van der Waals surface area (Å²) in [4.78, 5) is 19.2. The van der Waals surface area contributed by atoms with Crippen LogP contribution in [0.25, 0.3) is 72.8 Å². The molecule has 0 amide bonds. The Morgan fingerprint density at radius 3 is 1.53 bits per heavy atom. The number of nitriles is 2. The van der Waals surface area contributed by atoms with Crippen LogP contribution in [0.5, 0.6) is 0 Å². The van der Waals surface area contributed by atoms with Gasteiger partial charge in [0.05, 0.1) is 34.3 Å². The lowest BCUT2D eigenvalue weighted by atomic mass is 9.99. The molecule has 0 radical (unpaired) electrons. The van der Waals surface area contributed by atoms with Gasteiger partial charge in [0.15, 0.2) is 17.5 Å². The van der Waals surface area contributed by atoms with Gasteiger partial charge in [-0.05, 0) is 59.7 Å². The molecular weight excluding hydrogens is 578 g/mol. The van der Waals surface area contributed by atoms with E-state index in [2.05, 4.69) is 33.8 Å². The lowest BCUT2D eigenvalue weighted by Gasteiger charge is -2.15. The van der Waals surface area contributed by atoms with E-state index in [0.29, 0.717) is 28.6 Å². The lowest BCUT2D eigenvalue weighted by Crippen LogP contribution is -2.02.